The summed E-state index contributed by atoms with van der Waals surface area (Å²) in [6, 6.07) is 8.39. The summed E-state index contributed by atoms with van der Waals surface area (Å²) in [5.41, 5.74) is 7.95. The van der Waals surface area contributed by atoms with Crippen LogP contribution in [0, 0.1) is 0 Å². The molecule has 0 unspecified atom stereocenters. The average Bonchev–Trinajstić information content (AvgIpc) is 2.58. The van der Waals surface area contributed by atoms with Gasteiger partial charge >= 0.3 is 0 Å². The highest BCUT2D eigenvalue weighted by Gasteiger charge is 2.04. The SMILES string of the molecule is C[C@@H](N)CCc1[nH]nc2ccccc12. The van der Waals surface area contributed by atoms with Crippen molar-refractivity contribution in [3.05, 3.63) is 30.0 Å². The van der Waals surface area contributed by atoms with Crippen molar-refractivity contribution in [3.63, 3.8) is 0 Å². The van der Waals surface area contributed by atoms with E-state index in [1.807, 2.05) is 25.1 Å². The third kappa shape index (κ3) is 1.77. The Morgan fingerprint density at radius 3 is 3.00 bits per heavy atom. The number of rotatable bonds is 3. The number of aryl methyl sites for hydroxylation is 1. The van der Waals surface area contributed by atoms with Gasteiger partial charge in [-0.15, -0.1) is 0 Å². The first-order chi connectivity index (χ1) is 6.77. The second kappa shape index (κ2) is 3.80. The maximum atomic E-state index is 5.72. The van der Waals surface area contributed by atoms with Crippen molar-refractivity contribution in [1.29, 1.82) is 0 Å². The molecule has 0 bridgehead atoms. The number of para-hydroxylation sites is 1. The molecule has 0 aliphatic rings. The smallest absolute Gasteiger partial charge is 0.0923 e. The van der Waals surface area contributed by atoms with Gasteiger partial charge in [-0.3, -0.25) is 5.10 Å². The quantitative estimate of drug-likeness (QED) is 0.774. The Morgan fingerprint density at radius 2 is 2.21 bits per heavy atom. The number of aromatic amines is 1. The van der Waals surface area contributed by atoms with Crippen LogP contribution in [-0.2, 0) is 6.42 Å². The lowest BCUT2D eigenvalue weighted by molar-refractivity contribution is 0.659. The summed E-state index contributed by atoms with van der Waals surface area (Å²) in [6.07, 6.45) is 1.96. The summed E-state index contributed by atoms with van der Waals surface area (Å²) in [6.45, 7) is 2.03. The lowest BCUT2D eigenvalue weighted by atomic mass is 10.1. The fourth-order valence-corrected chi connectivity index (χ4v) is 1.58. The first-order valence-corrected chi connectivity index (χ1v) is 4.95. The zero-order valence-corrected chi connectivity index (χ0v) is 8.33. The standard InChI is InChI=1S/C11H15N3/c1-8(12)6-7-11-9-4-2-3-5-10(9)13-14-11/h2-5,8H,6-7,12H2,1H3,(H,13,14)/t8-/m1/s1. The zero-order chi connectivity index (χ0) is 9.97. The molecule has 0 aliphatic carbocycles. The average molecular weight is 189 g/mol. The topological polar surface area (TPSA) is 54.7 Å². The molecule has 3 heteroatoms. The largest absolute Gasteiger partial charge is 0.328 e. The van der Waals surface area contributed by atoms with Gasteiger partial charge in [-0.05, 0) is 25.8 Å². The molecule has 3 nitrogen and oxygen atoms in total. The van der Waals surface area contributed by atoms with Gasteiger partial charge in [0.2, 0.25) is 0 Å². The molecule has 0 saturated carbocycles. The monoisotopic (exact) mass is 189 g/mol. The molecule has 1 atom stereocenters. The van der Waals surface area contributed by atoms with Crippen LogP contribution in [0.25, 0.3) is 10.9 Å². The number of nitrogens with one attached hydrogen (secondary N) is 1. The van der Waals surface area contributed by atoms with E-state index in [0.717, 1.165) is 18.4 Å². The highest BCUT2D eigenvalue weighted by molar-refractivity contribution is 5.81. The maximum Gasteiger partial charge on any atom is 0.0923 e. The number of aromatic nitrogens is 2. The van der Waals surface area contributed by atoms with Crippen LogP contribution >= 0.6 is 0 Å². The van der Waals surface area contributed by atoms with Crippen molar-refractivity contribution in [3.8, 4) is 0 Å². The number of H-pyrrole nitrogens is 1. The van der Waals surface area contributed by atoms with Gasteiger partial charge in [0.1, 0.15) is 0 Å². The lowest BCUT2D eigenvalue weighted by Gasteiger charge is -2.02. The molecule has 3 N–H and O–H groups in total. The van der Waals surface area contributed by atoms with Gasteiger partial charge in [-0.2, -0.15) is 5.10 Å². The minimum atomic E-state index is 0.247. The van der Waals surface area contributed by atoms with E-state index in [1.165, 1.54) is 11.1 Å². The molecule has 0 aliphatic heterocycles. The second-order valence-corrected chi connectivity index (χ2v) is 3.74. The molecule has 1 heterocycles. The first kappa shape index (κ1) is 9.21. The first-order valence-electron chi connectivity index (χ1n) is 4.95. The summed E-state index contributed by atoms with van der Waals surface area (Å²) in [4.78, 5) is 0. The van der Waals surface area contributed by atoms with Gasteiger partial charge < -0.3 is 5.73 Å². The number of hydrogen-bond acceptors (Lipinski definition) is 2. The molecule has 0 fully saturated rings. The van der Waals surface area contributed by atoms with Crippen LogP contribution in [0.15, 0.2) is 24.3 Å². The molecule has 1 aromatic heterocycles. The van der Waals surface area contributed by atoms with Crippen LogP contribution in [0.2, 0.25) is 0 Å². The predicted octanol–water partition coefficient (Wildman–Crippen LogP) is 1.84. The van der Waals surface area contributed by atoms with Crippen LogP contribution in [0.5, 0.6) is 0 Å². The molecule has 0 saturated heterocycles. The van der Waals surface area contributed by atoms with Crippen LogP contribution in [0.4, 0.5) is 0 Å². The van der Waals surface area contributed by atoms with Crippen molar-refractivity contribution in [2.75, 3.05) is 0 Å². The fourth-order valence-electron chi connectivity index (χ4n) is 1.58. The van der Waals surface area contributed by atoms with E-state index >= 15 is 0 Å². The summed E-state index contributed by atoms with van der Waals surface area (Å²) in [5, 5.41) is 8.51. The Labute approximate surface area is 83.3 Å². The number of nitrogens with zero attached hydrogens (tertiary/aromatic N) is 1. The molecule has 0 spiro atoms. The van der Waals surface area contributed by atoms with Crippen molar-refractivity contribution in [1.82, 2.24) is 10.2 Å². The highest BCUT2D eigenvalue weighted by Crippen LogP contribution is 2.16. The predicted molar refractivity (Wildman–Crippen MR) is 58.1 cm³/mol. The summed E-state index contributed by atoms with van der Waals surface area (Å²) < 4.78 is 0. The molecular weight excluding hydrogens is 174 g/mol. The molecular formula is C11H15N3. The Kier molecular flexibility index (Phi) is 2.50. The van der Waals surface area contributed by atoms with Gasteiger partial charge in [0.05, 0.1) is 5.52 Å². The lowest BCUT2D eigenvalue weighted by Crippen LogP contribution is -2.15. The van der Waals surface area contributed by atoms with Crippen LogP contribution < -0.4 is 5.73 Å². The molecule has 1 aromatic carbocycles. The Morgan fingerprint density at radius 1 is 1.43 bits per heavy atom. The molecule has 2 aromatic rings. The molecule has 14 heavy (non-hydrogen) atoms. The van der Waals surface area contributed by atoms with Gasteiger partial charge in [-0.1, -0.05) is 18.2 Å². The van der Waals surface area contributed by atoms with Crippen LogP contribution in [-0.4, -0.2) is 16.2 Å². The third-order valence-corrected chi connectivity index (χ3v) is 2.39. The normalized spacial score (nSPS) is 13.3. The van der Waals surface area contributed by atoms with Crippen LogP contribution in [0.1, 0.15) is 19.0 Å². The Hall–Kier alpha value is -1.35. The van der Waals surface area contributed by atoms with Crippen LogP contribution in [0.3, 0.4) is 0 Å². The van der Waals surface area contributed by atoms with Crippen molar-refractivity contribution >= 4 is 10.9 Å². The van der Waals surface area contributed by atoms with Gasteiger partial charge in [-0.25, -0.2) is 0 Å². The van der Waals surface area contributed by atoms with E-state index < -0.39 is 0 Å². The van der Waals surface area contributed by atoms with Gasteiger partial charge in [0.25, 0.3) is 0 Å². The van der Waals surface area contributed by atoms with Crippen molar-refractivity contribution in [2.45, 2.75) is 25.8 Å². The van der Waals surface area contributed by atoms with E-state index in [-0.39, 0.29) is 6.04 Å². The molecule has 2 rings (SSSR count). The minimum Gasteiger partial charge on any atom is -0.328 e. The summed E-state index contributed by atoms with van der Waals surface area (Å²) >= 11 is 0. The van der Waals surface area contributed by atoms with Crippen molar-refractivity contribution < 1.29 is 0 Å². The van der Waals surface area contributed by atoms with Crippen molar-refractivity contribution in [2.24, 2.45) is 5.73 Å². The number of hydrogen-bond donors (Lipinski definition) is 2. The van der Waals surface area contributed by atoms with E-state index in [1.54, 1.807) is 0 Å². The minimum absolute atomic E-state index is 0.247. The maximum absolute atomic E-state index is 5.72. The molecule has 0 amide bonds. The second-order valence-electron chi connectivity index (χ2n) is 3.74. The fraction of sp³-hybridized carbons (Fsp3) is 0.364. The molecule has 0 radical (unpaired) electrons. The third-order valence-electron chi connectivity index (χ3n) is 2.39. The number of benzene rings is 1. The van der Waals surface area contributed by atoms with E-state index in [0.29, 0.717) is 0 Å². The number of nitrogens with two attached hydrogens (primary N) is 1. The Bertz CT molecular complexity index is 417. The van der Waals surface area contributed by atoms with E-state index in [4.69, 9.17) is 5.73 Å². The van der Waals surface area contributed by atoms with E-state index in [9.17, 15) is 0 Å². The summed E-state index contributed by atoms with van der Waals surface area (Å²) in [7, 11) is 0. The van der Waals surface area contributed by atoms with E-state index in [2.05, 4.69) is 16.3 Å². The molecule has 74 valence electrons. The summed E-state index contributed by atoms with van der Waals surface area (Å²) in [5.74, 6) is 0. The van der Waals surface area contributed by atoms with Gasteiger partial charge in [0, 0.05) is 17.1 Å². The Balaban J connectivity index is 2.25. The highest BCUT2D eigenvalue weighted by atomic mass is 15.1. The van der Waals surface area contributed by atoms with Gasteiger partial charge in [0.15, 0.2) is 0 Å². The zero-order valence-electron chi connectivity index (χ0n) is 8.33. The number of fused-ring (bicyclic) bond motifs is 1.